The first-order valence-corrected chi connectivity index (χ1v) is 4.86. The quantitative estimate of drug-likeness (QED) is 0.611. The normalized spacial score (nSPS) is 10.8. The summed E-state index contributed by atoms with van der Waals surface area (Å²) in [4.78, 5) is 5.03. The van der Waals surface area contributed by atoms with Gasteiger partial charge in [-0.2, -0.15) is 5.21 Å². The van der Waals surface area contributed by atoms with Crippen LogP contribution in [0.3, 0.4) is 0 Å². The molecule has 0 bridgehead atoms. The smallest absolute Gasteiger partial charge is 0.124 e. The van der Waals surface area contributed by atoms with E-state index in [0.29, 0.717) is 18.1 Å². The van der Waals surface area contributed by atoms with Crippen LogP contribution in [0.2, 0.25) is 0 Å². The molecule has 0 amide bonds. The molecule has 0 atom stereocenters. The molecule has 0 aliphatic carbocycles. The summed E-state index contributed by atoms with van der Waals surface area (Å²) in [6, 6.07) is 9.52. The van der Waals surface area contributed by atoms with Crippen molar-refractivity contribution >= 4 is 5.71 Å². The van der Waals surface area contributed by atoms with E-state index in [0.717, 1.165) is 5.56 Å². The van der Waals surface area contributed by atoms with E-state index in [2.05, 4.69) is 25.8 Å². The summed E-state index contributed by atoms with van der Waals surface area (Å²) >= 11 is 0. The molecule has 1 radical (unpaired) electrons. The zero-order chi connectivity index (χ0) is 11.2. The molecule has 0 spiro atoms. The fourth-order valence-corrected chi connectivity index (χ4v) is 1.19. The molecule has 0 aliphatic rings. The van der Waals surface area contributed by atoms with Crippen molar-refractivity contribution in [1.29, 1.82) is 0 Å². The molecule has 0 saturated heterocycles. The molecule has 2 aromatic rings. The van der Waals surface area contributed by atoms with E-state index in [1.54, 1.807) is 0 Å². The Morgan fingerprint density at radius 3 is 2.71 bits per heavy atom. The average molecular weight is 305 g/mol. The summed E-state index contributed by atoms with van der Waals surface area (Å²) in [5.41, 5.74) is 1.40. The van der Waals surface area contributed by atoms with Crippen molar-refractivity contribution in [1.82, 2.24) is 20.6 Å². The largest absolute Gasteiger partial charge is 0.396 e. The first-order valence-electron chi connectivity index (χ1n) is 4.86. The second-order valence-corrected chi connectivity index (χ2v) is 2.93. The topological polar surface area (TPSA) is 74.4 Å². The number of aromatic nitrogens is 4. The molecular formula is C10H10N5OY-. The van der Waals surface area contributed by atoms with E-state index >= 15 is 0 Å². The van der Waals surface area contributed by atoms with Crippen LogP contribution in [-0.4, -0.2) is 27.8 Å². The summed E-state index contributed by atoms with van der Waals surface area (Å²) < 4.78 is 0. The SMILES string of the molecule is CCON=C(c1ccccc1)c1nnn[n-]1.[Y]. The minimum absolute atomic E-state index is 0. The molecule has 1 aromatic carbocycles. The Kier molecular flexibility index (Phi) is 5.93. The van der Waals surface area contributed by atoms with Gasteiger partial charge in [0.1, 0.15) is 12.3 Å². The van der Waals surface area contributed by atoms with Crippen molar-refractivity contribution in [3.05, 3.63) is 41.7 Å². The minimum atomic E-state index is 0. The third-order valence-electron chi connectivity index (χ3n) is 1.86. The number of hydrogen-bond acceptors (Lipinski definition) is 5. The van der Waals surface area contributed by atoms with Gasteiger partial charge in [0, 0.05) is 38.3 Å². The first kappa shape index (κ1) is 13.9. The van der Waals surface area contributed by atoms with E-state index in [-0.39, 0.29) is 32.7 Å². The first-order chi connectivity index (χ1) is 7.92. The number of rotatable bonds is 4. The zero-order valence-electron chi connectivity index (χ0n) is 9.32. The van der Waals surface area contributed by atoms with Crippen molar-refractivity contribution in [3.8, 4) is 0 Å². The summed E-state index contributed by atoms with van der Waals surface area (Å²) in [5, 5.41) is 18.4. The van der Waals surface area contributed by atoms with Gasteiger partial charge in [0.15, 0.2) is 0 Å². The molecular weight excluding hydrogens is 295 g/mol. The van der Waals surface area contributed by atoms with E-state index in [1.165, 1.54) is 0 Å². The van der Waals surface area contributed by atoms with Crippen LogP contribution in [0.15, 0.2) is 35.5 Å². The number of tetrazole rings is 1. The Labute approximate surface area is 124 Å². The minimum Gasteiger partial charge on any atom is -0.396 e. The zero-order valence-corrected chi connectivity index (χ0v) is 12.2. The Hall–Kier alpha value is -1.14. The van der Waals surface area contributed by atoms with Crippen LogP contribution in [0.1, 0.15) is 18.3 Å². The molecule has 0 unspecified atom stereocenters. The van der Waals surface area contributed by atoms with E-state index in [4.69, 9.17) is 4.84 Å². The molecule has 1 aromatic heterocycles. The molecule has 2 rings (SSSR count). The van der Waals surface area contributed by atoms with Crippen molar-refractivity contribution in [2.24, 2.45) is 5.16 Å². The molecule has 1 heterocycles. The van der Waals surface area contributed by atoms with Crippen molar-refractivity contribution in [3.63, 3.8) is 0 Å². The summed E-state index contributed by atoms with van der Waals surface area (Å²) in [7, 11) is 0. The molecule has 6 nitrogen and oxygen atoms in total. The van der Waals surface area contributed by atoms with Crippen LogP contribution in [0.25, 0.3) is 0 Å². The number of hydrogen-bond donors (Lipinski definition) is 0. The maximum Gasteiger partial charge on any atom is 0.124 e. The van der Waals surface area contributed by atoms with Gasteiger partial charge in [-0.1, -0.05) is 35.5 Å². The van der Waals surface area contributed by atoms with Crippen molar-refractivity contribution in [2.45, 2.75) is 6.92 Å². The van der Waals surface area contributed by atoms with Gasteiger partial charge in [-0.15, -0.1) is 0 Å². The van der Waals surface area contributed by atoms with Gasteiger partial charge in [-0.3, -0.25) is 10.3 Å². The van der Waals surface area contributed by atoms with Crippen LogP contribution < -0.4 is 5.10 Å². The maximum absolute atomic E-state index is 5.03. The molecule has 0 N–H and O–H groups in total. The van der Waals surface area contributed by atoms with Gasteiger partial charge in [0.25, 0.3) is 0 Å². The van der Waals surface area contributed by atoms with Crippen molar-refractivity contribution in [2.75, 3.05) is 6.61 Å². The monoisotopic (exact) mass is 305 g/mol. The fourth-order valence-electron chi connectivity index (χ4n) is 1.19. The van der Waals surface area contributed by atoms with Gasteiger partial charge >= 0.3 is 0 Å². The number of oxime groups is 1. The third kappa shape index (κ3) is 3.68. The number of benzene rings is 1. The van der Waals surface area contributed by atoms with Gasteiger partial charge in [0.05, 0.1) is 5.82 Å². The van der Waals surface area contributed by atoms with Gasteiger partial charge in [-0.05, 0) is 6.92 Å². The average Bonchev–Trinajstić information content (AvgIpc) is 2.85. The summed E-state index contributed by atoms with van der Waals surface area (Å²) in [6.45, 7) is 2.34. The molecule has 85 valence electrons. The Morgan fingerprint density at radius 2 is 2.12 bits per heavy atom. The summed E-state index contributed by atoms with van der Waals surface area (Å²) in [5.74, 6) is 0.361. The van der Waals surface area contributed by atoms with Gasteiger partial charge in [-0.25, -0.2) is 0 Å². The van der Waals surface area contributed by atoms with Crippen LogP contribution in [0.5, 0.6) is 0 Å². The van der Waals surface area contributed by atoms with Crippen LogP contribution in [0.4, 0.5) is 0 Å². The van der Waals surface area contributed by atoms with Crippen LogP contribution in [-0.2, 0) is 37.5 Å². The van der Waals surface area contributed by atoms with E-state index in [9.17, 15) is 0 Å². The number of nitrogens with zero attached hydrogens (tertiary/aromatic N) is 5. The molecule has 0 saturated carbocycles. The second kappa shape index (κ2) is 7.24. The Bertz CT molecular complexity index is 457. The van der Waals surface area contributed by atoms with Crippen LogP contribution >= 0.6 is 0 Å². The van der Waals surface area contributed by atoms with Crippen molar-refractivity contribution < 1.29 is 37.5 Å². The standard InChI is InChI=1S/C10H10N5O.Y/c1-2-16-13-9(10-11-14-15-12-10)8-6-4-3-5-7-8;/h3-7H,2H2,1H3;/q-1;. The third-order valence-corrected chi connectivity index (χ3v) is 1.86. The molecule has 17 heavy (non-hydrogen) atoms. The predicted molar refractivity (Wildman–Crippen MR) is 56.9 cm³/mol. The molecule has 0 aliphatic heterocycles. The Balaban J connectivity index is 0.00000144. The maximum atomic E-state index is 5.03. The fraction of sp³-hybridized carbons (Fsp3) is 0.200. The van der Waals surface area contributed by atoms with Gasteiger partial charge < -0.3 is 9.94 Å². The molecule has 0 fully saturated rings. The van der Waals surface area contributed by atoms with E-state index in [1.807, 2.05) is 37.3 Å². The molecule has 7 heteroatoms. The van der Waals surface area contributed by atoms with Gasteiger partial charge in [0.2, 0.25) is 0 Å². The second-order valence-electron chi connectivity index (χ2n) is 2.93. The Morgan fingerprint density at radius 1 is 1.35 bits per heavy atom. The van der Waals surface area contributed by atoms with Crippen LogP contribution in [0, 0.1) is 0 Å². The summed E-state index contributed by atoms with van der Waals surface area (Å²) in [6.07, 6.45) is 0. The van der Waals surface area contributed by atoms with E-state index < -0.39 is 0 Å². The predicted octanol–water partition coefficient (Wildman–Crippen LogP) is 0.615.